The minimum Gasteiger partial charge on any atom is -0.378 e. The summed E-state index contributed by atoms with van der Waals surface area (Å²) in [4.78, 5) is 2.12. The fraction of sp³-hybridized carbons (Fsp3) is 0.250. The first-order chi connectivity index (χ1) is 12.6. The van der Waals surface area contributed by atoms with Crippen LogP contribution in [-0.2, 0) is 6.42 Å². The number of aromatic nitrogens is 1. The lowest BCUT2D eigenvalue weighted by Gasteiger charge is -2.11. The van der Waals surface area contributed by atoms with Crippen LogP contribution in [0.15, 0.2) is 66.7 Å². The second kappa shape index (κ2) is 8.09. The van der Waals surface area contributed by atoms with E-state index >= 15 is 0 Å². The van der Waals surface area contributed by atoms with Crippen LogP contribution in [0.5, 0.6) is 0 Å². The van der Waals surface area contributed by atoms with Gasteiger partial charge in [0, 0.05) is 36.9 Å². The predicted octanol–water partition coefficient (Wildman–Crippen LogP) is 5.81. The molecule has 2 aromatic carbocycles. The standard InChI is InChI=1S/C24H28N2/c1-19-18-22(20(2)26(19)24-12-6-5-7-13-24)11-9-8-10-21-14-16-23(17-15-21)25(3)4/h5-8,10,12-18H,9,11H2,1-4H3. The Morgan fingerprint density at radius 3 is 2.27 bits per heavy atom. The molecule has 0 spiro atoms. The molecule has 2 nitrogen and oxygen atoms in total. The minimum absolute atomic E-state index is 1.05. The Labute approximate surface area is 157 Å². The maximum absolute atomic E-state index is 2.35. The zero-order valence-electron chi connectivity index (χ0n) is 16.2. The Bertz CT molecular complexity index is 869. The SMILES string of the molecule is Cc1cc(CCC=Cc2ccc(N(C)C)cc2)c(C)n1-c1ccccc1. The third kappa shape index (κ3) is 4.08. The molecule has 0 aliphatic carbocycles. The average Bonchev–Trinajstić information content (AvgIpc) is 2.93. The molecule has 3 aromatic rings. The Morgan fingerprint density at radius 1 is 0.923 bits per heavy atom. The maximum atomic E-state index is 2.35. The van der Waals surface area contributed by atoms with E-state index in [-0.39, 0.29) is 0 Å². The van der Waals surface area contributed by atoms with Gasteiger partial charge in [-0.2, -0.15) is 0 Å². The van der Waals surface area contributed by atoms with E-state index in [2.05, 4.69) is 110 Å². The molecular weight excluding hydrogens is 316 g/mol. The molecular formula is C24H28N2. The highest BCUT2D eigenvalue weighted by molar-refractivity contribution is 5.55. The number of aryl methyl sites for hydroxylation is 2. The summed E-state index contributed by atoms with van der Waals surface area (Å²) >= 11 is 0. The molecule has 0 saturated carbocycles. The number of nitrogens with zero attached hydrogens (tertiary/aromatic N) is 2. The number of hydrogen-bond donors (Lipinski definition) is 0. The molecule has 2 heteroatoms. The lowest BCUT2D eigenvalue weighted by atomic mass is 10.1. The van der Waals surface area contributed by atoms with E-state index in [9.17, 15) is 0 Å². The highest BCUT2D eigenvalue weighted by Crippen LogP contribution is 2.22. The van der Waals surface area contributed by atoms with Gasteiger partial charge < -0.3 is 9.47 Å². The second-order valence-corrected chi connectivity index (χ2v) is 6.99. The van der Waals surface area contributed by atoms with Crippen molar-refractivity contribution in [1.82, 2.24) is 4.57 Å². The third-order valence-corrected chi connectivity index (χ3v) is 4.85. The molecule has 0 atom stereocenters. The molecule has 0 fully saturated rings. The van der Waals surface area contributed by atoms with Crippen molar-refractivity contribution in [3.8, 4) is 5.69 Å². The number of hydrogen-bond acceptors (Lipinski definition) is 1. The van der Waals surface area contributed by atoms with Gasteiger partial charge >= 0.3 is 0 Å². The van der Waals surface area contributed by atoms with E-state index in [0.717, 1.165) is 12.8 Å². The Hall–Kier alpha value is -2.74. The largest absolute Gasteiger partial charge is 0.378 e. The molecule has 0 aliphatic heterocycles. The molecule has 0 N–H and O–H groups in total. The topological polar surface area (TPSA) is 8.17 Å². The smallest absolute Gasteiger partial charge is 0.0455 e. The van der Waals surface area contributed by atoms with Crippen LogP contribution in [0, 0.1) is 13.8 Å². The summed E-state index contributed by atoms with van der Waals surface area (Å²) in [7, 11) is 4.13. The van der Waals surface area contributed by atoms with Crippen LogP contribution >= 0.6 is 0 Å². The van der Waals surface area contributed by atoms with Crippen molar-refractivity contribution in [3.05, 3.63) is 89.3 Å². The Kier molecular flexibility index (Phi) is 5.62. The van der Waals surface area contributed by atoms with Gasteiger partial charge in [-0.1, -0.05) is 42.5 Å². The van der Waals surface area contributed by atoms with Crippen molar-refractivity contribution in [3.63, 3.8) is 0 Å². The van der Waals surface area contributed by atoms with Gasteiger partial charge in [0.1, 0.15) is 0 Å². The summed E-state index contributed by atoms with van der Waals surface area (Å²) in [5, 5.41) is 0. The number of benzene rings is 2. The average molecular weight is 345 g/mol. The summed E-state index contributed by atoms with van der Waals surface area (Å²) in [6.45, 7) is 4.41. The van der Waals surface area contributed by atoms with Crippen LogP contribution in [0.2, 0.25) is 0 Å². The molecule has 3 rings (SSSR count). The molecule has 0 unspecified atom stereocenters. The van der Waals surface area contributed by atoms with Gasteiger partial charge in [0.2, 0.25) is 0 Å². The normalized spacial score (nSPS) is 11.2. The van der Waals surface area contributed by atoms with Crippen LogP contribution in [0.1, 0.15) is 28.9 Å². The van der Waals surface area contributed by atoms with Gasteiger partial charge in [-0.15, -0.1) is 0 Å². The van der Waals surface area contributed by atoms with Gasteiger partial charge in [0.15, 0.2) is 0 Å². The number of para-hydroxylation sites is 1. The molecule has 0 aliphatic rings. The highest BCUT2D eigenvalue weighted by Gasteiger charge is 2.09. The van der Waals surface area contributed by atoms with Gasteiger partial charge in [-0.3, -0.25) is 0 Å². The summed E-state index contributed by atoms with van der Waals surface area (Å²) in [5.74, 6) is 0. The second-order valence-electron chi connectivity index (χ2n) is 6.99. The predicted molar refractivity (Wildman–Crippen MR) is 113 cm³/mol. The van der Waals surface area contributed by atoms with Crippen LogP contribution in [0.3, 0.4) is 0 Å². The van der Waals surface area contributed by atoms with E-state index in [0.29, 0.717) is 0 Å². The van der Waals surface area contributed by atoms with Gasteiger partial charge in [-0.05, 0) is 68.1 Å². The van der Waals surface area contributed by atoms with Crippen molar-refractivity contribution >= 4 is 11.8 Å². The monoisotopic (exact) mass is 344 g/mol. The molecule has 0 amide bonds. The van der Waals surface area contributed by atoms with Crippen molar-refractivity contribution in [2.24, 2.45) is 0 Å². The molecule has 0 saturated heterocycles. The van der Waals surface area contributed by atoms with Crippen molar-refractivity contribution in [2.75, 3.05) is 19.0 Å². The fourth-order valence-corrected chi connectivity index (χ4v) is 3.40. The first kappa shape index (κ1) is 18.1. The van der Waals surface area contributed by atoms with E-state index < -0.39 is 0 Å². The molecule has 1 heterocycles. The molecule has 0 bridgehead atoms. The zero-order valence-corrected chi connectivity index (χ0v) is 16.2. The summed E-state index contributed by atoms with van der Waals surface area (Å²) < 4.78 is 2.35. The Morgan fingerprint density at radius 2 is 1.62 bits per heavy atom. The van der Waals surface area contributed by atoms with E-state index in [1.54, 1.807) is 0 Å². The summed E-state index contributed by atoms with van der Waals surface area (Å²) in [6, 6.07) is 21.6. The lowest BCUT2D eigenvalue weighted by Crippen LogP contribution is -2.07. The van der Waals surface area contributed by atoms with Crippen molar-refractivity contribution < 1.29 is 0 Å². The van der Waals surface area contributed by atoms with E-state index in [4.69, 9.17) is 0 Å². The molecule has 0 radical (unpaired) electrons. The van der Waals surface area contributed by atoms with Gasteiger partial charge in [0.05, 0.1) is 0 Å². The quantitative estimate of drug-likeness (QED) is 0.548. The Balaban J connectivity index is 1.65. The number of allylic oxidation sites excluding steroid dienone is 1. The minimum atomic E-state index is 1.05. The first-order valence-corrected chi connectivity index (χ1v) is 9.23. The van der Waals surface area contributed by atoms with Crippen LogP contribution in [0.4, 0.5) is 5.69 Å². The molecule has 134 valence electrons. The fourth-order valence-electron chi connectivity index (χ4n) is 3.40. The zero-order chi connectivity index (χ0) is 18.5. The molecule has 1 aromatic heterocycles. The third-order valence-electron chi connectivity index (χ3n) is 4.85. The van der Waals surface area contributed by atoms with Crippen LogP contribution in [-0.4, -0.2) is 18.7 Å². The lowest BCUT2D eigenvalue weighted by molar-refractivity contribution is 0.931. The highest BCUT2D eigenvalue weighted by atomic mass is 15.1. The maximum Gasteiger partial charge on any atom is 0.0455 e. The first-order valence-electron chi connectivity index (χ1n) is 9.23. The van der Waals surface area contributed by atoms with Crippen LogP contribution in [0.25, 0.3) is 11.8 Å². The number of rotatable bonds is 6. The van der Waals surface area contributed by atoms with Gasteiger partial charge in [0.25, 0.3) is 0 Å². The molecule has 26 heavy (non-hydrogen) atoms. The van der Waals surface area contributed by atoms with E-state index in [1.807, 2.05) is 0 Å². The van der Waals surface area contributed by atoms with Crippen molar-refractivity contribution in [2.45, 2.75) is 26.7 Å². The van der Waals surface area contributed by atoms with E-state index in [1.165, 1.54) is 33.9 Å². The number of anilines is 1. The summed E-state index contributed by atoms with van der Waals surface area (Å²) in [5.41, 5.74) is 7.80. The van der Waals surface area contributed by atoms with Crippen LogP contribution < -0.4 is 4.90 Å². The van der Waals surface area contributed by atoms with Crippen molar-refractivity contribution in [1.29, 1.82) is 0 Å². The van der Waals surface area contributed by atoms with Gasteiger partial charge in [-0.25, -0.2) is 0 Å². The summed E-state index contributed by atoms with van der Waals surface area (Å²) in [6.07, 6.45) is 6.61.